The number of cyclic esters (lactones) is 1. The molecule has 2 aromatic carbocycles. The van der Waals surface area contributed by atoms with Gasteiger partial charge in [0.2, 0.25) is 5.76 Å². The van der Waals surface area contributed by atoms with Crippen LogP contribution in [-0.2, 0) is 28.5 Å². The molecule has 7 atom stereocenters. The monoisotopic (exact) mass is 632 g/mol. The van der Waals surface area contributed by atoms with Gasteiger partial charge in [0.05, 0.1) is 11.1 Å². The van der Waals surface area contributed by atoms with E-state index in [1.807, 2.05) is 19.9 Å². The fraction of sp³-hybridized carbons (Fsp3) is 0.444. The Morgan fingerprint density at radius 1 is 0.935 bits per heavy atom. The van der Waals surface area contributed by atoms with Gasteiger partial charge in [0.1, 0.15) is 18.3 Å². The fourth-order valence-electron chi connectivity index (χ4n) is 7.69. The minimum absolute atomic E-state index is 0.132. The van der Waals surface area contributed by atoms with E-state index >= 15 is 0 Å². The second-order valence-corrected chi connectivity index (χ2v) is 12.9. The lowest BCUT2D eigenvalue weighted by Crippen LogP contribution is -2.75. The normalized spacial score (nSPS) is 31.2. The van der Waals surface area contributed by atoms with Crippen LogP contribution in [0.25, 0.3) is 0 Å². The summed E-state index contributed by atoms with van der Waals surface area (Å²) in [6, 6.07) is 16.7. The molecule has 0 bridgehead atoms. The Bertz CT molecular complexity index is 1580. The molecular weight excluding hydrogens is 592 g/mol. The van der Waals surface area contributed by atoms with E-state index in [4.69, 9.17) is 18.9 Å². The number of carbonyl (C=O) groups excluding carboxylic acids is 4. The Morgan fingerprint density at radius 2 is 1.48 bits per heavy atom. The lowest BCUT2D eigenvalue weighted by Gasteiger charge is -2.66. The maximum absolute atomic E-state index is 13.7. The van der Waals surface area contributed by atoms with E-state index in [0.29, 0.717) is 12.8 Å². The summed E-state index contributed by atoms with van der Waals surface area (Å²) in [5, 5.41) is 23.4. The summed E-state index contributed by atoms with van der Waals surface area (Å²) in [5.41, 5.74) is -2.84. The van der Waals surface area contributed by atoms with Crippen LogP contribution in [0.5, 0.6) is 0 Å². The number of hydrogen-bond acceptors (Lipinski definition) is 10. The third-order valence-electron chi connectivity index (χ3n) is 10.5. The smallest absolute Gasteiger partial charge is 0.373 e. The van der Waals surface area contributed by atoms with Crippen molar-refractivity contribution in [3.05, 3.63) is 94.8 Å². The SMILES string of the molecule is CC(=O)OC(CC1=C(O)C(=O)OC1)[C@]1(C)C2CCC=C(C)[C@]2(C)C(OC(=O)c2ccccc2)C(OC(=O)c2ccccc2)[C@]1(C)O. The highest BCUT2D eigenvalue weighted by atomic mass is 16.6. The second-order valence-electron chi connectivity index (χ2n) is 12.9. The molecule has 46 heavy (non-hydrogen) atoms. The zero-order valence-electron chi connectivity index (χ0n) is 26.6. The second kappa shape index (κ2) is 12.4. The number of aliphatic hydroxyl groups is 2. The molecule has 1 heterocycles. The van der Waals surface area contributed by atoms with Crippen molar-refractivity contribution in [1.29, 1.82) is 0 Å². The lowest BCUT2D eigenvalue weighted by atomic mass is 9.42. The number of esters is 4. The van der Waals surface area contributed by atoms with Crippen molar-refractivity contribution < 1.29 is 48.3 Å². The standard InChI is InChI=1S/C36H40O10/c1-21-13-12-18-26-34(21,3)29(45-31(39)23-14-8-6-9-15-23)30(46-32(40)24-16-10-7-11-17-24)36(5,42)35(26,4)27(44-22(2)37)19-25-20-43-33(41)28(25)38/h6-11,13-17,26-27,29-30,38,42H,12,18-20H2,1-5H3/t26?,27?,29?,30?,34-,35-,36-/m0/s1. The molecule has 10 nitrogen and oxygen atoms in total. The average Bonchev–Trinajstić information content (AvgIpc) is 3.35. The number of aliphatic hydroxyl groups excluding tert-OH is 1. The molecular formula is C36H40O10. The molecule has 3 aliphatic rings. The van der Waals surface area contributed by atoms with Crippen LogP contribution in [-0.4, -0.2) is 64.6 Å². The molecule has 0 spiro atoms. The third-order valence-corrected chi connectivity index (χ3v) is 10.5. The molecule has 2 aliphatic carbocycles. The van der Waals surface area contributed by atoms with E-state index in [1.54, 1.807) is 67.6 Å². The summed E-state index contributed by atoms with van der Waals surface area (Å²) < 4.78 is 23.4. The summed E-state index contributed by atoms with van der Waals surface area (Å²) in [5.74, 6) is -4.01. The summed E-state index contributed by atoms with van der Waals surface area (Å²) >= 11 is 0. The van der Waals surface area contributed by atoms with E-state index < -0.39 is 70.3 Å². The third kappa shape index (κ3) is 5.48. The highest BCUT2D eigenvalue weighted by Crippen LogP contribution is 2.65. The van der Waals surface area contributed by atoms with Crippen LogP contribution in [0.1, 0.15) is 74.6 Å². The molecule has 0 saturated heterocycles. The summed E-state index contributed by atoms with van der Waals surface area (Å²) in [6.45, 7) is 8.10. The van der Waals surface area contributed by atoms with Crippen molar-refractivity contribution in [2.45, 2.75) is 77.8 Å². The molecule has 4 unspecified atom stereocenters. The van der Waals surface area contributed by atoms with Gasteiger partial charge in [0, 0.05) is 29.7 Å². The number of carbonyl (C=O) groups is 4. The number of benzene rings is 2. The zero-order chi connectivity index (χ0) is 33.4. The largest absolute Gasteiger partial charge is 0.502 e. The number of ether oxygens (including phenoxy) is 4. The highest BCUT2D eigenvalue weighted by molar-refractivity contribution is 5.91. The first-order chi connectivity index (χ1) is 21.7. The van der Waals surface area contributed by atoms with E-state index in [0.717, 1.165) is 5.57 Å². The van der Waals surface area contributed by atoms with Crippen molar-refractivity contribution in [3.8, 4) is 0 Å². The molecule has 1 fully saturated rings. The number of hydrogen-bond donors (Lipinski definition) is 2. The van der Waals surface area contributed by atoms with Crippen LogP contribution in [0.4, 0.5) is 0 Å². The average molecular weight is 633 g/mol. The molecule has 244 valence electrons. The quantitative estimate of drug-likeness (QED) is 0.224. The van der Waals surface area contributed by atoms with Crippen LogP contribution >= 0.6 is 0 Å². The summed E-state index contributed by atoms with van der Waals surface area (Å²) in [4.78, 5) is 52.1. The Balaban J connectivity index is 1.70. The minimum atomic E-state index is -2.00. The number of allylic oxidation sites excluding steroid dienone is 1. The highest BCUT2D eigenvalue weighted by Gasteiger charge is 2.73. The van der Waals surface area contributed by atoms with Gasteiger partial charge in [0.15, 0.2) is 12.2 Å². The zero-order valence-corrected chi connectivity index (χ0v) is 26.6. The van der Waals surface area contributed by atoms with Crippen LogP contribution < -0.4 is 0 Å². The van der Waals surface area contributed by atoms with Crippen LogP contribution in [0.15, 0.2) is 83.6 Å². The maximum Gasteiger partial charge on any atom is 0.373 e. The number of rotatable bonds is 8. The molecule has 1 saturated carbocycles. The topological polar surface area (TPSA) is 146 Å². The summed E-state index contributed by atoms with van der Waals surface area (Å²) in [6.07, 6.45) is -0.722. The van der Waals surface area contributed by atoms with Crippen LogP contribution in [0, 0.1) is 16.7 Å². The first-order valence-electron chi connectivity index (χ1n) is 15.4. The van der Waals surface area contributed by atoms with E-state index in [9.17, 15) is 29.4 Å². The predicted octanol–water partition coefficient (Wildman–Crippen LogP) is 5.26. The van der Waals surface area contributed by atoms with Gasteiger partial charge in [-0.25, -0.2) is 14.4 Å². The van der Waals surface area contributed by atoms with Gasteiger partial charge < -0.3 is 29.2 Å². The Labute approximate surface area is 268 Å². The predicted molar refractivity (Wildman–Crippen MR) is 165 cm³/mol. The van der Waals surface area contributed by atoms with Gasteiger partial charge in [-0.2, -0.15) is 0 Å². The molecule has 0 radical (unpaired) electrons. The van der Waals surface area contributed by atoms with Crippen molar-refractivity contribution in [2.24, 2.45) is 16.7 Å². The van der Waals surface area contributed by atoms with Crippen LogP contribution in [0.3, 0.4) is 0 Å². The molecule has 0 amide bonds. The van der Waals surface area contributed by atoms with Crippen LogP contribution in [0.2, 0.25) is 0 Å². The molecule has 5 rings (SSSR count). The summed E-state index contributed by atoms with van der Waals surface area (Å²) in [7, 11) is 0. The Kier molecular flexibility index (Phi) is 8.88. The molecule has 0 aromatic heterocycles. The van der Waals surface area contributed by atoms with E-state index in [-0.39, 0.29) is 29.7 Å². The molecule has 10 heteroatoms. The van der Waals surface area contributed by atoms with Gasteiger partial charge in [-0.1, -0.05) is 61.9 Å². The Hall–Kier alpha value is -4.44. The molecule has 1 aliphatic heterocycles. The number of fused-ring (bicyclic) bond motifs is 1. The lowest BCUT2D eigenvalue weighted by molar-refractivity contribution is -0.290. The Morgan fingerprint density at radius 3 is 1.98 bits per heavy atom. The fourth-order valence-corrected chi connectivity index (χ4v) is 7.69. The van der Waals surface area contributed by atoms with Gasteiger partial charge in [-0.05, 0) is 56.9 Å². The van der Waals surface area contributed by atoms with Gasteiger partial charge >= 0.3 is 23.9 Å². The van der Waals surface area contributed by atoms with Gasteiger partial charge in [0.25, 0.3) is 0 Å². The first-order valence-corrected chi connectivity index (χ1v) is 15.4. The van der Waals surface area contributed by atoms with Crippen molar-refractivity contribution in [2.75, 3.05) is 6.61 Å². The molecule has 2 aromatic rings. The van der Waals surface area contributed by atoms with E-state index in [2.05, 4.69) is 0 Å². The van der Waals surface area contributed by atoms with Gasteiger partial charge in [-0.15, -0.1) is 0 Å². The molecule has 2 N–H and O–H groups in total. The van der Waals surface area contributed by atoms with E-state index in [1.165, 1.54) is 13.8 Å². The van der Waals surface area contributed by atoms with Crippen molar-refractivity contribution in [3.63, 3.8) is 0 Å². The maximum atomic E-state index is 13.7. The van der Waals surface area contributed by atoms with Crippen molar-refractivity contribution >= 4 is 23.9 Å². The van der Waals surface area contributed by atoms with Crippen molar-refractivity contribution in [1.82, 2.24) is 0 Å². The minimum Gasteiger partial charge on any atom is -0.502 e. The van der Waals surface area contributed by atoms with Gasteiger partial charge in [-0.3, -0.25) is 4.79 Å². The first kappa shape index (κ1) is 32.9.